The summed E-state index contributed by atoms with van der Waals surface area (Å²) in [4.78, 5) is 24.7. The lowest BCUT2D eigenvalue weighted by atomic mass is 10.1. The molecule has 1 N–H and O–H groups in total. The number of hydrogen-bond donors (Lipinski definition) is 1. The molecule has 0 fully saturated rings. The SMILES string of the molecule is Cc1ccccc1CN(C)CC(=O)Nc1c(C)cccc1[N+](=O)[O-]. The third kappa shape index (κ3) is 4.39. The molecule has 2 aromatic rings. The van der Waals surface area contributed by atoms with Crippen LogP contribution in [0.2, 0.25) is 0 Å². The summed E-state index contributed by atoms with van der Waals surface area (Å²) in [5, 5.41) is 13.8. The van der Waals surface area contributed by atoms with Gasteiger partial charge in [0.05, 0.1) is 11.5 Å². The number of aryl methyl sites for hydroxylation is 2. The molecule has 6 heteroatoms. The number of benzene rings is 2. The molecule has 0 saturated heterocycles. The van der Waals surface area contributed by atoms with Gasteiger partial charge in [-0.05, 0) is 37.6 Å². The Morgan fingerprint density at radius 3 is 2.46 bits per heavy atom. The van der Waals surface area contributed by atoms with Crippen LogP contribution in [0.4, 0.5) is 11.4 Å². The minimum atomic E-state index is -0.486. The molecule has 0 heterocycles. The quantitative estimate of drug-likeness (QED) is 0.652. The van der Waals surface area contributed by atoms with Gasteiger partial charge in [-0.3, -0.25) is 19.8 Å². The number of nitro groups is 1. The highest BCUT2D eigenvalue weighted by atomic mass is 16.6. The maximum absolute atomic E-state index is 12.2. The van der Waals surface area contributed by atoms with E-state index in [1.165, 1.54) is 11.6 Å². The number of rotatable bonds is 6. The van der Waals surface area contributed by atoms with Crippen molar-refractivity contribution in [2.24, 2.45) is 0 Å². The molecule has 0 saturated carbocycles. The number of nitrogens with one attached hydrogen (secondary N) is 1. The number of likely N-dealkylation sites (N-methyl/N-ethyl adjacent to an activating group) is 1. The molecule has 0 atom stereocenters. The molecule has 126 valence electrons. The number of amides is 1. The zero-order valence-corrected chi connectivity index (χ0v) is 14.1. The van der Waals surface area contributed by atoms with Gasteiger partial charge in [0.1, 0.15) is 5.69 Å². The van der Waals surface area contributed by atoms with Gasteiger partial charge in [-0.2, -0.15) is 0 Å². The van der Waals surface area contributed by atoms with Crippen molar-refractivity contribution in [2.45, 2.75) is 20.4 Å². The second kappa shape index (κ2) is 7.70. The fourth-order valence-electron chi connectivity index (χ4n) is 2.53. The first kappa shape index (κ1) is 17.6. The summed E-state index contributed by atoms with van der Waals surface area (Å²) in [6.07, 6.45) is 0. The summed E-state index contributed by atoms with van der Waals surface area (Å²) in [6, 6.07) is 12.7. The van der Waals surface area contributed by atoms with E-state index in [-0.39, 0.29) is 23.8 Å². The zero-order chi connectivity index (χ0) is 17.7. The Kier molecular flexibility index (Phi) is 5.65. The van der Waals surface area contributed by atoms with E-state index in [0.29, 0.717) is 12.1 Å². The Balaban J connectivity index is 2.04. The molecule has 1 amide bonds. The van der Waals surface area contributed by atoms with E-state index in [0.717, 1.165) is 5.56 Å². The number of anilines is 1. The fraction of sp³-hybridized carbons (Fsp3) is 0.278. The van der Waals surface area contributed by atoms with Crippen LogP contribution < -0.4 is 5.32 Å². The smallest absolute Gasteiger partial charge is 0.293 e. The second-order valence-corrected chi connectivity index (χ2v) is 5.87. The number of carbonyl (C=O) groups excluding carboxylic acids is 1. The van der Waals surface area contributed by atoms with Crippen LogP contribution in [0.15, 0.2) is 42.5 Å². The van der Waals surface area contributed by atoms with Crippen LogP contribution in [-0.4, -0.2) is 29.3 Å². The van der Waals surface area contributed by atoms with Crippen molar-refractivity contribution in [3.05, 3.63) is 69.3 Å². The molecule has 0 unspecified atom stereocenters. The maximum atomic E-state index is 12.2. The van der Waals surface area contributed by atoms with Crippen molar-refractivity contribution in [2.75, 3.05) is 18.9 Å². The van der Waals surface area contributed by atoms with Crippen LogP contribution in [0.25, 0.3) is 0 Å². The molecule has 0 spiro atoms. The van der Waals surface area contributed by atoms with E-state index in [4.69, 9.17) is 0 Å². The molecule has 24 heavy (non-hydrogen) atoms. The van der Waals surface area contributed by atoms with Gasteiger partial charge in [-0.1, -0.05) is 36.4 Å². The number of nitrogens with zero attached hydrogens (tertiary/aromatic N) is 2. The molecular weight excluding hydrogens is 306 g/mol. The predicted octanol–water partition coefficient (Wildman–Crippen LogP) is 3.28. The summed E-state index contributed by atoms with van der Waals surface area (Å²) in [5.74, 6) is -0.275. The van der Waals surface area contributed by atoms with Gasteiger partial charge in [0.25, 0.3) is 5.69 Å². The largest absolute Gasteiger partial charge is 0.319 e. The molecule has 2 aromatic carbocycles. The van der Waals surface area contributed by atoms with Crippen LogP contribution >= 0.6 is 0 Å². The number of hydrogen-bond acceptors (Lipinski definition) is 4. The van der Waals surface area contributed by atoms with E-state index in [1.807, 2.05) is 43.1 Å². The maximum Gasteiger partial charge on any atom is 0.293 e. The van der Waals surface area contributed by atoms with E-state index in [1.54, 1.807) is 19.1 Å². The predicted molar refractivity (Wildman–Crippen MR) is 94.0 cm³/mol. The van der Waals surface area contributed by atoms with Gasteiger partial charge >= 0.3 is 0 Å². The van der Waals surface area contributed by atoms with Crippen LogP contribution in [0.3, 0.4) is 0 Å². The molecule has 0 aliphatic carbocycles. The standard InChI is InChI=1S/C18H21N3O3/c1-13-7-4-5-9-15(13)11-20(3)12-17(22)19-18-14(2)8-6-10-16(18)21(23)24/h4-10H,11-12H2,1-3H3,(H,19,22). The lowest BCUT2D eigenvalue weighted by Crippen LogP contribution is -2.30. The Hall–Kier alpha value is -2.73. The van der Waals surface area contributed by atoms with Crippen LogP contribution in [-0.2, 0) is 11.3 Å². The Bertz CT molecular complexity index is 759. The number of carbonyl (C=O) groups is 1. The molecule has 0 aliphatic rings. The van der Waals surface area contributed by atoms with E-state index in [2.05, 4.69) is 5.32 Å². The van der Waals surface area contributed by atoms with Crippen molar-refractivity contribution in [3.63, 3.8) is 0 Å². The summed E-state index contributed by atoms with van der Waals surface area (Å²) >= 11 is 0. The van der Waals surface area contributed by atoms with Gasteiger partial charge in [0.2, 0.25) is 5.91 Å². The Morgan fingerprint density at radius 1 is 1.12 bits per heavy atom. The summed E-state index contributed by atoms with van der Waals surface area (Å²) in [7, 11) is 1.85. The Labute approximate surface area is 141 Å². The van der Waals surface area contributed by atoms with Crippen molar-refractivity contribution < 1.29 is 9.72 Å². The molecule has 2 rings (SSSR count). The summed E-state index contributed by atoms with van der Waals surface area (Å²) in [5.41, 5.74) is 3.15. The van der Waals surface area contributed by atoms with Gasteiger partial charge in [0, 0.05) is 12.6 Å². The van der Waals surface area contributed by atoms with Crippen molar-refractivity contribution in [3.8, 4) is 0 Å². The average molecular weight is 327 g/mol. The highest BCUT2D eigenvalue weighted by molar-refractivity contribution is 5.95. The van der Waals surface area contributed by atoms with Crippen LogP contribution in [0, 0.1) is 24.0 Å². The van der Waals surface area contributed by atoms with Gasteiger partial charge in [-0.25, -0.2) is 0 Å². The zero-order valence-electron chi connectivity index (χ0n) is 14.1. The van der Waals surface area contributed by atoms with Crippen molar-refractivity contribution >= 4 is 17.3 Å². The van der Waals surface area contributed by atoms with Crippen LogP contribution in [0.1, 0.15) is 16.7 Å². The van der Waals surface area contributed by atoms with Gasteiger partial charge in [-0.15, -0.1) is 0 Å². The summed E-state index contributed by atoms with van der Waals surface area (Å²) < 4.78 is 0. The van der Waals surface area contributed by atoms with Crippen LogP contribution in [0.5, 0.6) is 0 Å². The normalized spacial score (nSPS) is 10.7. The second-order valence-electron chi connectivity index (χ2n) is 5.87. The lowest BCUT2D eigenvalue weighted by molar-refractivity contribution is -0.384. The molecule has 6 nitrogen and oxygen atoms in total. The van der Waals surface area contributed by atoms with E-state index < -0.39 is 4.92 Å². The van der Waals surface area contributed by atoms with Gasteiger partial charge < -0.3 is 5.32 Å². The molecular formula is C18H21N3O3. The van der Waals surface area contributed by atoms with Crippen molar-refractivity contribution in [1.29, 1.82) is 0 Å². The average Bonchev–Trinajstić information content (AvgIpc) is 2.51. The topological polar surface area (TPSA) is 75.5 Å². The number of para-hydroxylation sites is 1. The Morgan fingerprint density at radius 2 is 1.79 bits per heavy atom. The fourth-order valence-corrected chi connectivity index (χ4v) is 2.53. The first-order valence-corrected chi connectivity index (χ1v) is 7.65. The minimum absolute atomic E-state index is 0.0927. The summed E-state index contributed by atoms with van der Waals surface area (Å²) in [6.45, 7) is 4.55. The third-order valence-electron chi connectivity index (χ3n) is 3.83. The monoisotopic (exact) mass is 327 g/mol. The van der Waals surface area contributed by atoms with Gasteiger partial charge in [0.15, 0.2) is 0 Å². The lowest BCUT2D eigenvalue weighted by Gasteiger charge is -2.18. The van der Waals surface area contributed by atoms with E-state index >= 15 is 0 Å². The molecule has 0 aliphatic heterocycles. The molecule has 0 aromatic heterocycles. The van der Waals surface area contributed by atoms with Crippen molar-refractivity contribution in [1.82, 2.24) is 4.90 Å². The molecule has 0 bridgehead atoms. The third-order valence-corrected chi connectivity index (χ3v) is 3.83. The number of nitro benzene ring substituents is 1. The van der Waals surface area contributed by atoms with E-state index in [9.17, 15) is 14.9 Å². The highest BCUT2D eigenvalue weighted by Gasteiger charge is 2.18. The minimum Gasteiger partial charge on any atom is -0.319 e. The molecule has 0 radical (unpaired) electrons. The first-order valence-electron chi connectivity index (χ1n) is 7.65. The first-order chi connectivity index (χ1) is 11.4. The highest BCUT2D eigenvalue weighted by Crippen LogP contribution is 2.27.